The molecule has 0 fully saturated rings. The van der Waals surface area contributed by atoms with Crippen molar-refractivity contribution in [3.63, 3.8) is 0 Å². The Kier molecular flexibility index (Phi) is 4.92. The van der Waals surface area contributed by atoms with Gasteiger partial charge in [0.1, 0.15) is 28.8 Å². The van der Waals surface area contributed by atoms with E-state index in [0.29, 0.717) is 18.4 Å². The summed E-state index contributed by atoms with van der Waals surface area (Å²) in [5.41, 5.74) is -0.919. The molecule has 0 N–H and O–H groups in total. The lowest BCUT2D eigenvalue weighted by atomic mass is 10.1. The Morgan fingerprint density at radius 2 is 1.48 bits per heavy atom. The summed E-state index contributed by atoms with van der Waals surface area (Å²) in [6.45, 7) is 3.34. The molecule has 23 heavy (non-hydrogen) atoms. The summed E-state index contributed by atoms with van der Waals surface area (Å²) in [6, 6.07) is 4.84. The van der Waals surface area contributed by atoms with E-state index in [1.165, 1.54) is 6.07 Å². The fourth-order valence-corrected chi connectivity index (χ4v) is 2.19. The van der Waals surface area contributed by atoms with Gasteiger partial charge in [-0.3, -0.25) is 0 Å². The normalized spacial score (nSPS) is 11.6. The molecule has 6 heteroatoms. The molecule has 0 radical (unpaired) electrons. The van der Waals surface area contributed by atoms with Crippen LogP contribution in [0.3, 0.4) is 0 Å². The van der Waals surface area contributed by atoms with Crippen LogP contribution in [0.25, 0.3) is 0 Å². The first-order valence-corrected chi connectivity index (χ1v) is 7.12. The van der Waals surface area contributed by atoms with Gasteiger partial charge in [0.25, 0.3) is 0 Å². The van der Waals surface area contributed by atoms with Crippen molar-refractivity contribution in [3.8, 4) is 5.75 Å². The number of hydrogen-bond donors (Lipinski definition) is 0. The third kappa shape index (κ3) is 3.63. The third-order valence-electron chi connectivity index (χ3n) is 3.45. The van der Waals surface area contributed by atoms with Crippen molar-refractivity contribution in [2.24, 2.45) is 0 Å². The van der Waals surface area contributed by atoms with Gasteiger partial charge in [-0.25, -0.2) is 13.2 Å². The van der Waals surface area contributed by atoms with E-state index >= 15 is 0 Å². The lowest BCUT2D eigenvalue weighted by Crippen LogP contribution is -2.25. The molecule has 0 spiro atoms. The zero-order valence-electron chi connectivity index (χ0n) is 12.6. The molecule has 0 unspecified atom stereocenters. The third-order valence-corrected chi connectivity index (χ3v) is 3.45. The summed E-state index contributed by atoms with van der Waals surface area (Å²) >= 11 is 0. The summed E-state index contributed by atoms with van der Waals surface area (Å²) in [7, 11) is 0. The van der Waals surface area contributed by atoms with Crippen LogP contribution in [0.4, 0.5) is 22.0 Å². The van der Waals surface area contributed by atoms with Crippen LogP contribution in [0, 0.1) is 17.5 Å². The van der Waals surface area contributed by atoms with Crippen molar-refractivity contribution < 1.29 is 26.7 Å². The van der Waals surface area contributed by atoms with E-state index < -0.39 is 34.9 Å². The Morgan fingerprint density at radius 1 is 0.870 bits per heavy atom. The van der Waals surface area contributed by atoms with E-state index in [1.54, 1.807) is 13.8 Å². The molecule has 0 aliphatic rings. The molecule has 0 saturated heterocycles. The largest absolute Gasteiger partial charge is 0.432 e. The minimum absolute atomic E-state index is 0.248. The average molecular weight is 330 g/mol. The fourth-order valence-electron chi connectivity index (χ4n) is 2.19. The van der Waals surface area contributed by atoms with Crippen molar-refractivity contribution in [1.82, 2.24) is 0 Å². The molecule has 124 valence electrons. The molecule has 0 amide bonds. The Hall–Kier alpha value is -2.11. The Morgan fingerprint density at radius 3 is 1.96 bits per heavy atom. The van der Waals surface area contributed by atoms with Gasteiger partial charge in [-0.15, -0.1) is 0 Å². The van der Waals surface area contributed by atoms with Gasteiger partial charge in [0, 0.05) is 6.07 Å². The lowest BCUT2D eigenvalue weighted by Gasteiger charge is -2.20. The van der Waals surface area contributed by atoms with E-state index in [2.05, 4.69) is 4.74 Å². The Balaban J connectivity index is 2.37. The van der Waals surface area contributed by atoms with E-state index in [1.807, 2.05) is 0 Å². The lowest BCUT2D eigenvalue weighted by molar-refractivity contribution is -0.189. The maximum Gasteiger partial charge on any atom is 0.432 e. The maximum atomic E-state index is 14.1. The number of ether oxygens (including phenoxy) is 1. The quantitative estimate of drug-likeness (QED) is 0.671. The molecule has 0 bridgehead atoms. The summed E-state index contributed by atoms with van der Waals surface area (Å²) in [5.74, 6) is -4.04. The first-order chi connectivity index (χ1) is 10.8. The number of rotatable bonds is 5. The van der Waals surface area contributed by atoms with E-state index in [0.717, 1.165) is 24.3 Å². The summed E-state index contributed by atoms with van der Waals surface area (Å²) in [6.07, 6.45) is -3.59. The molecule has 0 aliphatic carbocycles. The van der Waals surface area contributed by atoms with Gasteiger partial charge in [0.05, 0.1) is 0 Å². The average Bonchev–Trinajstić information content (AvgIpc) is 2.45. The first-order valence-electron chi connectivity index (χ1n) is 7.12. The van der Waals surface area contributed by atoms with E-state index in [-0.39, 0.29) is 5.56 Å². The van der Waals surface area contributed by atoms with Gasteiger partial charge < -0.3 is 4.74 Å². The van der Waals surface area contributed by atoms with Crippen molar-refractivity contribution >= 4 is 0 Å². The highest BCUT2D eigenvalue weighted by Crippen LogP contribution is 2.35. The highest BCUT2D eigenvalue weighted by Gasteiger charge is 2.41. The molecule has 0 aliphatic heterocycles. The second kappa shape index (κ2) is 6.56. The zero-order valence-corrected chi connectivity index (χ0v) is 12.6. The van der Waals surface area contributed by atoms with Gasteiger partial charge in [-0.2, -0.15) is 8.78 Å². The van der Waals surface area contributed by atoms with Crippen LogP contribution in [0.5, 0.6) is 5.75 Å². The molecule has 0 heterocycles. The van der Waals surface area contributed by atoms with Crippen LogP contribution < -0.4 is 4.74 Å². The molecule has 2 aromatic rings. The van der Waals surface area contributed by atoms with Gasteiger partial charge in [0.15, 0.2) is 0 Å². The summed E-state index contributed by atoms with van der Waals surface area (Å²) < 4.78 is 73.8. The smallest absolute Gasteiger partial charge is 0.429 e. The molecule has 2 aromatic carbocycles. The van der Waals surface area contributed by atoms with Crippen molar-refractivity contribution in [2.75, 3.05) is 0 Å². The van der Waals surface area contributed by atoms with Crippen LogP contribution in [-0.4, -0.2) is 0 Å². The molecular formula is C17H15F5O. The van der Waals surface area contributed by atoms with E-state index in [9.17, 15) is 22.0 Å². The first kappa shape index (κ1) is 17.2. The monoisotopic (exact) mass is 330 g/mol. The van der Waals surface area contributed by atoms with Gasteiger partial charge in [0.2, 0.25) is 0 Å². The van der Waals surface area contributed by atoms with Crippen LogP contribution in [-0.2, 0) is 19.0 Å². The summed E-state index contributed by atoms with van der Waals surface area (Å²) in [4.78, 5) is 0. The number of hydrogen-bond acceptors (Lipinski definition) is 1. The molecule has 2 rings (SSSR count). The molecule has 0 aromatic heterocycles. The second-order valence-corrected chi connectivity index (χ2v) is 5.01. The van der Waals surface area contributed by atoms with Crippen molar-refractivity contribution in [1.29, 1.82) is 0 Å². The highest BCUT2D eigenvalue weighted by atomic mass is 19.3. The number of alkyl halides is 2. The van der Waals surface area contributed by atoms with Gasteiger partial charge >= 0.3 is 6.11 Å². The predicted octanol–water partition coefficient (Wildman–Crippen LogP) is 5.36. The minimum Gasteiger partial charge on any atom is -0.429 e. The predicted molar refractivity (Wildman–Crippen MR) is 76.0 cm³/mol. The zero-order chi connectivity index (χ0) is 17.2. The second-order valence-electron chi connectivity index (χ2n) is 5.01. The van der Waals surface area contributed by atoms with Gasteiger partial charge in [-0.1, -0.05) is 19.9 Å². The van der Waals surface area contributed by atoms with Crippen LogP contribution in [0.1, 0.15) is 30.5 Å². The SMILES string of the molecule is CCc1cc(F)c(C(F)(F)Oc2ccc(CC)c(F)c2)c(F)c1. The molecule has 0 atom stereocenters. The number of halogens is 5. The van der Waals surface area contributed by atoms with Crippen molar-refractivity contribution in [3.05, 3.63) is 64.5 Å². The van der Waals surface area contributed by atoms with Crippen molar-refractivity contribution in [2.45, 2.75) is 32.8 Å². The Bertz CT molecular complexity index is 689. The number of aryl methyl sites for hydroxylation is 2. The Labute approximate surface area is 130 Å². The molecule has 0 saturated carbocycles. The topological polar surface area (TPSA) is 9.23 Å². The molecular weight excluding hydrogens is 315 g/mol. The fraction of sp³-hybridized carbons (Fsp3) is 0.294. The van der Waals surface area contributed by atoms with Crippen LogP contribution >= 0.6 is 0 Å². The standard InChI is InChI=1S/C17H15F5O/c1-3-10-7-14(19)16(15(20)8-10)17(21,22)23-12-6-5-11(4-2)13(18)9-12/h5-9H,3-4H2,1-2H3. The minimum atomic E-state index is -4.26. The summed E-state index contributed by atoms with van der Waals surface area (Å²) in [5, 5.41) is 0. The maximum absolute atomic E-state index is 14.1. The van der Waals surface area contributed by atoms with E-state index in [4.69, 9.17) is 0 Å². The van der Waals surface area contributed by atoms with Gasteiger partial charge in [-0.05, 0) is 42.2 Å². The van der Waals surface area contributed by atoms with Crippen LogP contribution in [0.2, 0.25) is 0 Å². The van der Waals surface area contributed by atoms with Crippen LogP contribution in [0.15, 0.2) is 30.3 Å². The number of benzene rings is 2. The highest BCUT2D eigenvalue weighted by molar-refractivity contribution is 5.32. The molecule has 1 nitrogen and oxygen atoms in total.